The lowest BCUT2D eigenvalue weighted by molar-refractivity contribution is -0.0501. The molecule has 0 unspecified atom stereocenters. The van der Waals surface area contributed by atoms with E-state index in [1.807, 2.05) is 0 Å². The summed E-state index contributed by atoms with van der Waals surface area (Å²) in [6.07, 6.45) is -5.81. The molecule has 20 nitrogen and oxygen atoms in total. The van der Waals surface area contributed by atoms with Crippen LogP contribution in [0.25, 0.3) is 22.3 Å². The van der Waals surface area contributed by atoms with E-state index in [0.717, 1.165) is 0 Å². The highest BCUT2D eigenvalue weighted by Crippen LogP contribution is 2.36. The van der Waals surface area contributed by atoms with Crippen molar-refractivity contribution in [3.63, 3.8) is 0 Å². The zero-order chi connectivity index (χ0) is 31.1. The van der Waals surface area contributed by atoms with Gasteiger partial charge in [-0.2, -0.15) is 0 Å². The molecule has 44 heavy (non-hydrogen) atoms. The number of imidazole rings is 2. The number of nitrogen functional groups attached to an aromatic ring is 2. The lowest BCUT2D eigenvalue weighted by Gasteiger charge is -2.20. The van der Waals surface area contributed by atoms with Gasteiger partial charge in [0, 0.05) is 13.1 Å². The van der Waals surface area contributed by atoms with E-state index < -0.39 is 62.3 Å². The van der Waals surface area contributed by atoms with Crippen LogP contribution in [-0.2, 0) is 9.47 Å². The molecule has 20 heteroatoms. The molecule has 2 aliphatic rings. The molecule has 0 radical (unpaired) electrons. The molecule has 2 saturated heterocycles. The molecule has 2 aliphatic heterocycles. The Morgan fingerprint density at radius 2 is 1.07 bits per heavy atom. The van der Waals surface area contributed by atoms with Crippen molar-refractivity contribution in [1.82, 2.24) is 39.0 Å². The summed E-state index contributed by atoms with van der Waals surface area (Å²) in [6.45, 7) is -0.154. The molecule has 0 spiro atoms. The number of ether oxygens (including phenoxy) is 2. The lowest BCUT2D eigenvalue weighted by Crippen LogP contribution is -2.33. The quantitative estimate of drug-likeness (QED) is 0.0734. The zero-order valence-corrected chi connectivity index (χ0v) is 23.2. The van der Waals surface area contributed by atoms with Gasteiger partial charge in [0.2, 0.25) is 11.9 Å². The van der Waals surface area contributed by atoms with Crippen molar-refractivity contribution in [2.45, 2.75) is 61.9 Å². The van der Waals surface area contributed by atoms with Crippen LogP contribution in [0.2, 0.25) is 0 Å². The third kappa shape index (κ3) is 5.09. The summed E-state index contributed by atoms with van der Waals surface area (Å²) in [7, 11) is 0. The Morgan fingerprint density at radius 1 is 0.659 bits per heavy atom. The standard InChI is InChI=1S/C24H34N12O8/c25-17-11-19(31-7-29-17)35(21-15(41)13(39)9(5-37)43-21)23(33-11)27-3-1-2-4-28-24-34-12-18(26)30-8-32-20(12)36(24)22-16(42)14(40)10(6-38)44-22/h7-10,13-16,21-22,37-42H,1-6H2,(H,27,33)(H,28,34)(H2,25,29,31)(H2,26,30,32)/t9-,10-,13-,14+,15-,16+,21-,22-/m1/s1. The molecular formula is C24H34N12O8. The van der Waals surface area contributed by atoms with Crippen LogP contribution in [0.3, 0.4) is 0 Å². The fraction of sp³-hybridized carbons (Fsp3) is 0.583. The van der Waals surface area contributed by atoms with Crippen LogP contribution in [0.5, 0.6) is 0 Å². The second kappa shape index (κ2) is 12.2. The van der Waals surface area contributed by atoms with E-state index in [1.54, 1.807) is 0 Å². The Morgan fingerprint density at radius 3 is 1.43 bits per heavy atom. The first-order valence-electron chi connectivity index (χ1n) is 13.9. The van der Waals surface area contributed by atoms with Gasteiger partial charge in [-0.15, -0.1) is 0 Å². The van der Waals surface area contributed by atoms with Crippen LogP contribution in [-0.4, -0.2) is 133 Å². The molecule has 8 atom stereocenters. The van der Waals surface area contributed by atoms with Gasteiger partial charge < -0.3 is 62.2 Å². The molecule has 0 bridgehead atoms. The molecule has 0 aromatic carbocycles. The van der Waals surface area contributed by atoms with Gasteiger partial charge in [-0.25, -0.2) is 29.9 Å². The average Bonchev–Trinajstić information content (AvgIpc) is 3.73. The Bertz CT molecular complexity index is 1500. The van der Waals surface area contributed by atoms with Gasteiger partial charge in [0.05, 0.1) is 13.2 Å². The zero-order valence-electron chi connectivity index (χ0n) is 23.2. The predicted molar refractivity (Wildman–Crippen MR) is 152 cm³/mol. The third-order valence-corrected chi connectivity index (χ3v) is 7.72. The summed E-state index contributed by atoms with van der Waals surface area (Å²) < 4.78 is 14.4. The minimum atomic E-state index is -1.36. The highest BCUT2D eigenvalue weighted by atomic mass is 16.6. The number of rotatable bonds is 11. The summed E-state index contributed by atoms with van der Waals surface area (Å²) >= 11 is 0. The van der Waals surface area contributed by atoms with E-state index in [9.17, 15) is 30.6 Å². The SMILES string of the molecule is Nc1ncnc2c1nc(NCCCCNc1nc3c(N)ncnc3n1[C@@H]1O[C@H](CO)[C@H](O)[C@@H]1O)n2[C@@H]1O[C@H](CO)[C@@H](O)[C@H]1O. The van der Waals surface area contributed by atoms with E-state index in [2.05, 4.69) is 40.5 Å². The van der Waals surface area contributed by atoms with Crippen molar-refractivity contribution in [2.75, 3.05) is 48.4 Å². The van der Waals surface area contributed by atoms with Crippen molar-refractivity contribution in [3.8, 4) is 0 Å². The van der Waals surface area contributed by atoms with E-state index >= 15 is 0 Å². The van der Waals surface area contributed by atoms with E-state index in [0.29, 0.717) is 25.9 Å². The number of nitrogens with two attached hydrogens (primary N) is 2. The lowest BCUT2D eigenvalue weighted by atomic mass is 10.1. The molecule has 6 heterocycles. The summed E-state index contributed by atoms with van der Waals surface area (Å²) in [4.78, 5) is 25.4. The van der Waals surface area contributed by atoms with Crippen LogP contribution in [0.15, 0.2) is 12.7 Å². The highest BCUT2D eigenvalue weighted by molar-refractivity contribution is 5.84. The van der Waals surface area contributed by atoms with E-state index in [1.165, 1.54) is 21.8 Å². The second-order valence-electron chi connectivity index (χ2n) is 10.5. The van der Waals surface area contributed by atoms with Gasteiger partial charge in [-0.1, -0.05) is 0 Å². The molecular weight excluding hydrogens is 584 g/mol. The van der Waals surface area contributed by atoms with E-state index in [4.69, 9.17) is 20.9 Å². The van der Waals surface area contributed by atoms with Gasteiger partial charge in [0.1, 0.15) is 49.3 Å². The van der Waals surface area contributed by atoms with Crippen LogP contribution in [0, 0.1) is 0 Å². The normalized spacial score (nSPS) is 28.8. The first-order valence-corrected chi connectivity index (χ1v) is 13.9. The topological polar surface area (TPSA) is 303 Å². The molecule has 238 valence electrons. The van der Waals surface area contributed by atoms with Crippen LogP contribution in [0.4, 0.5) is 23.5 Å². The van der Waals surface area contributed by atoms with Crippen molar-refractivity contribution in [2.24, 2.45) is 0 Å². The predicted octanol–water partition coefficient (Wildman–Crippen LogP) is -3.34. The first-order chi connectivity index (χ1) is 21.2. The first kappa shape index (κ1) is 30.0. The Balaban J connectivity index is 1.14. The molecule has 4 aromatic heterocycles. The Kier molecular flexibility index (Phi) is 8.30. The number of aliphatic hydroxyl groups is 6. The Labute approximate surface area is 248 Å². The van der Waals surface area contributed by atoms with Crippen LogP contribution < -0.4 is 22.1 Å². The van der Waals surface area contributed by atoms with Crippen molar-refractivity contribution < 1.29 is 40.1 Å². The molecule has 0 amide bonds. The van der Waals surface area contributed by atoms with Gasteiger partial charge in [0.25, 0.3) is 0 Å². The van der Waals surface area contributed by atoms with Crippen molar-refractivity contribution in [1.29, 1.82) is 0 Å². The van der Waals surface area contributed by atoms with Crippen LogP contribution in [0.1, 0.15) is 25.3 Å². The number of nitrogens with zero attached hydrogens (tertiary/aromatic N) is 8. The molecule has 6 rings (SSSR count). The second-order valence-corrected chi connectivity index (χ2v) is 10.5. The largest absolute Gasteiger partial charge is 0.394 e. The number of hydrogen-bond donors (Lipinski definition) is 10. The fourth-order valence-corrected chi connectivity index (χ4v) is 5.42. The average molecular weight is 619 g/mol. The maximum absolute atomic E-state index is 10.6. The van der Waals surface area contributed by atoms with E-state index in [-0.39, 0.29) is 45.9 Å². The van der Waals surface area contributed by atoms with Crippen molar-refractivity contribution >= 4 is 45.9 Å². The monoisotopic (exact) mass is 618 g/mol. The number of nitrogens with one attached hydrogen (secondary N) is 2. The molecule has 12 N–H and O–H groups in total. The molecule has 0 saturated carbocycles. The molecule has 0 aliphatic carbocycles. The number of unbranched alkanes of at least 4 members (excludes halogenated alkanes) is 1. The minimum Gasteiger partial charge on any atom is -0.394 e. The van der Waals surface area contributed by atoms with Gasteiger partial charge in [-0.3, -0.25) is 9.13 Å². The van der Waals surface area contributed by atoms with Crippen LogP contribution >= 0.6 is 0 Å². The summed E-state index contributed by atoms with van der Waals surface area (Å²) in [6, 6.07) is 0. The Hall–Kier alpha value is -4.02. The maximum Gasteiger partial charge on any atom is 0.207 e. The van der Waals surface area contributed by atoms with Gasteiger partial charge in [0.15, 0.2) is 46.4 Å². The molecule has 2 fully saturated rings. The number of anilines is 4. The fourth-order valence-electron chi connectivity index (χ4n) is 5.42. The third-order valence-electron chi connectivity index (χ3n) is 7.72. The highest BCUT2D eigenvalue weighted by Gasteiger charge is 2.46. The maximum atomic E-state index is 10.6. The van der Waals surface area contributed by atoms with Gasteiger partial charge >= 0.3 is 0 Å². The number of aromatic nitrogens is 8. The summed E-state index contributed by atoms with van der Waals surface area (Å²) in [5, 5.41) is 67.3. The number of hydrogen-bond acceptors (Lipinski definition) is 18. The van der Waals surface area contributed by atoms with Gasteiger partial charge in [-0.05, 0) is 12.8 Å². The molecule has 4 aromatic rings. The van der Waals surface area contributed by atoms with Crippen molar-refractivity contribution in [3.05, 3.63) is 12.7 Å². The number of aliphatic hydroxyl groups excluding tert-OH is 6. The summed E-state index contributed by atoms with van der Waals surface area (Å²) in [5.74, 6) is 0.788. The summed E-state index contributed by atoms with van der Waals surface area (Å²) in [5.41, 5.74) is 13.1. The minimum absolute atomic E-state index is 0.121. The smallest absolute Gasteiger partial charge is 0.207 e. The number of fused-ring (bicyclic) bond motifs is 2.